The second-order valence-electron chi connectivity index (χ2n) is 5.52. The SMILES string of the molecule is COP(=O)(OC)[C@H]1C[C@@H](O)CN1C(=O)Cn1cc(C)c(=O)[nH]c1=O. The Kier molecular flexibility index (Phi) is 5.44. The number of amides is 1. The van der Waals surface area contributed by atoms with E-state index in [1.165, 1.54) is 32.2 Å². The molecule has 0 aliphatic carbocycles. The normalized spacial score (nSPS) is 21.2. The third-order valence-electron chi connectivity index (χ3n) is 3.94. The van der Waals surface area contributed by atoms with E-state index in [0.29, 0.717) is 0 Å². The first-order valence-electron chi connectivity index (χ1n) is 7.21. The lowest BCUT2D eigenvalue weighted by molar-refractivity contribution is -0.132. The number of carbonyl (C=O) groups is 1. The molecule has 0 spiro atoms. The fourth-order valence-corrected chi connectivity index (χ4v) is 4.35. The number of nitrogens with zero attached hydrogens (tertiary/aromatic N) is 2. The van der Waals surface area contributed by atoms with Gasteiger partial charge in [0.2, 0.25) is 5.91 Å². The van der Waals surface area contributed by atoms with Crippen molar-refractivity contribution in [3.05, 3.63) is 32.6 Å². The molecule has 1 saturated heterocycles. The van der Waals surface area contributed by atoms with E-state index in [1.54, 1.807) is 0 Å². The fourth-order valence-electron chi connectivity index (χ4n) is 2.65. The Morgan fingerprint density at radius 3 is 2.62 bits per heavy atom. The molecule has 134 valence electrons. The van der Waals surface area contributed by atoms with Crippen LogP contribution in [0.2, 0.25) is 0 Å². The van der Waals surface area contributed by atoms with Gasteiger partial charge in [0.1, 0.15) is 12.3 Å². The summed E-state index contributed by atoms with van der Waals surface area (Å²) in [5.41, 5.74) is -0.974. The number of aromatic amines is 1. The summed E-state index contributed by atoms with van der Waals surface area (Å²) < 4.78 is 23.5. The van der Waals surface area contributed by atoms with Crippen molar-refractivity contribution < 1.29 is 23.5 Å². The number of aliphatic hydroxyl groups excluding tert-OH is 1. The van der Waals surface area contributed by atoms with Crippen LogP contribution in [0.25, 0.3) is 0 Å². The monoisotopic (exact) mass is 361 g/mol. The van der Waals surface area contributed by atoms with Gasteiger partial charge in [-0.05, 0) is 6.92 Å². The lowest BCUT2D eigenvalue weighted by Gasteiger charge is -2.28. The summed E-state index contributed by atoms with van der Waals surface area (Å²) in [4.78, 5) is 39.0. The molecule has 0 aromatic carbocycles. The summed E-state index contributed by atoms with van der Waals surface area (Å²) in [6, 6.07) is 0. The summed E-state index contributed by atoms with van der Waals surface area (Å²) in [7, 11) is -1.21. The van der Waals surface area contributed by atoms with E-state index in [-0.39, 0.29) is 25.1 Å². The highest BCUT2D eigenvalue weighted by molar-refractivity contribution is 7.54. The molecule has 24 heavy (non-hydrogen) atoms. The van der Waals surface area contributed by atoms with Gasteiger partial charge in [0.15, 0.2) is 0 Å². The maximum atomic E-state index is 12.6. The minimum Gasteiger partial charge on any atom is -0.391 e. The highest BCUT2D eigenvalue weighted by Gasteiger charge is 2.47. The summed E-state index contributed by atoms with van der Waals surface area (Å²) in [6.07, 6.45) is 0.448. The molecule has 1 amide bonds. The number of hydrogen-bond acceptors (Lipinski definition) is 7. The van der Waals surface area contributed by atoms with Crippen molar-refractivity contribution in [1.82, 2.24) is 14.5 Å². The third kappa shape index (κ3) is 3.51. The van der Waals surface area contributed by atoms with Gasteiger partial charge in [-0.3, -0.25) is 23.7 Å². The summed E-state index contributed by atoms with van der Waals surface area (Å²) in [5.74, 6) is -1.48. The van der Waals surface area contributed by atoms with Crippen LogP contribution in [-0.4, -0.2) is 58.1 Å². The van der Waals surface area contributed by atoms with Crippen LogP contribution in [0.1, 0.15) is 12.0 Å². The van der Waals surface area contributed by atoms with E-state index in [1.807, 2.05) is 0 Å². The molecule has 1 aliphatic rings. The van der Waals surface area contributed by atoms with Crippen molar-refractivity contribution in [2.75, 3.05) is 20.8 Å². The molecule has 0 unspecified atom stereocenters. The number of aromatic nitrogens is 2. The van der Waals surface area contributed by atoms with Crippen LogP contribution in [0.15, 0.2) is 15.8 Å². The first kappa shape index (κ1) is 18.6. The number of H-pyrrole nitrogens is 1. The molecule has 2 heterocycles. The molecule has 0 saturated carbocycles. The molecule has 1 aromatic heterocycles. The van der Waals surface area contributed by atoms with Crippen LogP contribution in [0.5, 0.6) is 0 Å². The Balaban J connectivity index is 2.28. The van der Waals surface area contributed by atoms with Gasteiger partial charge in [-0.15, -0.1) is 0 Å². The first-order chi connectivity index (χ1) is 11.2. The van der Waals surface area contributed by atoms with Gasteiger partial charge < -0.3 is 19.1 Å². The average molecular weight is 361 g/mol. The van der Waals surface area contributed by atoms with Crippen molar-refractivity contribution in [2.24, 2.45) is 0 Å². The molecule has 1 aliphatic heterocycles. The van der Waals surface area contributed by atoms with Gasteiger partial charge in [0.25, 0.3) is 5.56 Å². The van der Waals surface area contributed by atoms with E-state index in [9.17, 15) is 24.1 Å². The van der Waals surface area contributed by atoms with Gasteiger partial charge in [-0.25, -0.2) is 4.79 Å². The Morgan fingerprint density at radius 1 is 1.42 bits per heavy atom. The molecule has 1 fully saturated rings. The first-order valence-corrected chi connectivity index (χ1v) is 8.82. The summed E-state index contributed by atoms with van der Waals surface area (Å²) in [6.45, 7) is 1.09. The maximum absolute atomic E-state index is 12.6. The summed E-state index contributed by atoms with van der Waals surface area (Å²) >= 11 is 0. The maximum Gasteiger partial charge on any atom is 0.352 e. The molecular formula is C13H20N3O7P. The van der Waals surface area contributed by atoms with Crippen molar-refractivity contribution in [3.63, 3.8) is 0 Å². The molecule has 2 atom stereocenters. The van der Waals surface area contributed by atoms with Crippen molar-refractivity contribution >= 4 is 13.5 Å². The van der Waals surface area contributed by atoms with Crippen LogP contribution < -0.4 is 11.2 Å². The van der Waals surface area contributed by atoms with Crippen LogP contribution >= 0.6 is 7.60 Å². The van der Waals surface area contributed by atoms with E-state index >= 15 is 0 Å². The Labute approximate surface area is 137 Å². The Morgan fingerprint density at radius 2 is 2.04 bits per heavy atom. The van der Waals surface area contributed by atoms with Gasteiger partial charge in [-0.2, -0.15) is 0 Å². The molecule has 11 heteroatoms. The number of nitrogens with one attached hydrogen (secondary N) is 1. The zero-order chi connectivity index (χ0) is 18.1. The quantitative estimate of drug-likeness (QED) is 0.660. The number of hydrogen-bond donors (Lipinski definition) is 2. The molecule has 0 bridgehead atoms. The lowest BCUT2D eigenvalue weighted by Crippen LogP contribution is -2.41. The summed E-state index contributed by atoms with van der Waals surface area (Å²) in [5, 5.41) is 9.83. The smallest absolute Gasteiger partial charge is 0.352 e. The molecule has 0 radical (unpaired) electrons. The third-order valence-corrected chi connectivity index (χ3v) is 6.18. The fraction of sp³-hybridized carbons (Fsp3) is 0.615. The minimum absolute atomic E-state index is 0.0443. The zero-order valence-corrected chi connectivity index (χ0v) is 14.5. The van der Waals surface area contributed by atoms with Crippen molar-refractivity contribution in [1.29, 1.82) is 0 Å². The number of likely N-dealkylation sites (tertiary alicyclic amines) is 1. The van der Waals surface area contributed by atoms with Gasteiger partial charge in [0, 0.05) is 38.9 Å². The predicted molar refractivity (Wildman–Crippen MR) is 83.8 cm³/mol. The number of carbonyl (C=O) groups excluding carboxylic acids is 1. The standard InChI is InChI=1S/C13H20N3O7P/c1-8-5-15(13(20)14-12(8)19)7-10(18)16-6-9(17)4-11(16)24(21,22-2)23-3/h5,9,11,17H,4,6-7H2,1-3H3,(H,14,19,20)/t9-,11+/m1/s1. The largest absolute Gasteiger partial charge is 0.391 e. The van der Waals surface area contributed by atoms with Crippen LogP contribution in [0, 0.1) is 6.92 Å². The van der Waals surface area contributed by atoms with Crippen molar-refractivity contribution in [2.45, 2.75) is 31.8 Å². The Bertz CT molecular complexity index is 779. The molecule has 2 N–H and O–H groups in total. The number of β-amino-alcohol motifs (C(OH)–C–C–N with tert-alkyl or cyclic N) is 1. The molecular weight excluding hydrogens is 341 g/mol. The topological polar surface area (TPSA) is 131 Å². The van der Waals surface area contributed by atoms with E-state index < -0.39 is 36.6 Å². The van der Waals surface area contributed by atoms with Crippen LogP contribution in [0.4, 0.5) is 0 Å². The zero-order valence-electron chi connectivity index (χ0n) is 13.6. The predicted octanol–water partition coefficient (Wildman–Crippen LogP) is -0.750. The Hall–Kier alpha value is -1.74. The molecule has 10 nitrogen and oxygen atoms in total. The number of aliphatic hydroxyl groups is 1. The van der Waals surface area contributed by atoms with E-state index in [2.05, 4.69) is 4.98 Å². The van der Waals surface area contributed by atoms with Crippen molar-refractivity contribution in [3.8, 4) is 0 Å². The number of aryl methyl sites for hydroxylation is 1. The van der Waals surface area contributed by atoms with Crippen LogP contribution in [-0.2, 0) is 25.0 Å². The second kappa shape index (κ2) is 7.02. The van der Waals surface area contributed by atoms with E-state index in [4.69, 9.17) is 9.05 Å². The van der Waals surface area contributed by atoms with Crippen LogP contribution in [0.3, 0.4) is 0 Å². The molecule has 1 aromatic rings. The van der Waals surface area contributed by atoms with Gasteiger partial charge in [-0.1, -0.05) is 0 Å². The van der Waals surface area contributed by atoms with E-state index in [0.717, 1.165) is 4.57 Å². The van der Waals surface area contributed by atoms with Gasteiger partial charge >= 0.3 is 13.3 Å². The highest BCUT2D eigenvalue weighted by atomic mass is 31.2. The number of rotatable bonds is 5. The average Bonchev–Trinajstić information content (AvgIpc) is 2.94. The van der Waals surface area contributed by atoms with Gasteiger partial charge in [0.05, 0.1) is 6.10 Å². The highest BCUT2D eigenvalue weighted by Crippen LogP contribution is 2.56. The minimum atomic E-state index is -3.61. The molecule has 2 rings (SSSR count). The lowest BCUT2D eigenvalue weighted by atomic mass is 10.3. The second-order valence-corrected chi connectivity index (χ2v) is 7.93.